The van der Waals surface area contributed by atoms with Gasteiger partial charge in [-0.15, -0.1) is 0 Å². The number of nitrogens with zero attached hydrogens (tertiary/aromatic N) is 2. The van der Waals surface area contributed by atoms with Crippen molar-refractivity contribution in [3.05, 3.63) is 12.3 Å². The molecule has 0 saturated carbocycles. The third-order valence-corrected chi connectivity index (χ3v) is 1.74. The van der Waals surface area contributed by atoms with E-state index in [0.717, 1.165) is 0 Å². The lowest BCUT2D eigenvalue weighted by molar-refractivity contribution is 0.0962. The molecular weight excluding hydrogens is 160 g/mol. The zero-order valence-electron chi connectivity index (χ0n) is 9.55. The first-order valence-corrected chi connectivity index (χ1v) is 4.55. The molecule has 74 valence electrons. The topological polar surface area (TPSA) is 27.0 Å². The lowest BCUT2D eigenvalue weighted by Crippen LogP contribution is -2.48. The Morgan fingerprint density at radius 3 is 1.62 bits per heavy atom. The van der Waals surface area contributed by atoms with E-state index in [2.05, 4.69) is 46.4 Å². The Balaban J connectivity index is 4.81. The van der Waals surface area contributed by atoms with Crippen LogP contribution in [-0.4, -0.2) is 16.0 Å². The molecule has 0 aromatic heterocycles. The highest BCUT2D eigenvalue weighted by Crippen LogP contribution is 2.24. The highest BCUT2D eigenvalue weighted by Gasteiger charge is 2.28. The first-order chi connectivity index (χ1) is 5.69. The second-order valence-corrected chi connectivity index (χ2v) is 5.16. The van der Waals surface area contributed by atoms with Gasteiger partial charge in [-0.25, -0.2) is 0 Å². The predicted octanol–water partition coefficient (Wildman–Crippen LogP) is 2.92. The summed E-state index contributed by atoms with van der Waals surface area (Å²) < 4.78 is 0. The van der Waals surface area contributed by atoms with Crippen LogP contribution in [0.1, 0.15) is 41.5 Å². The number of nitriles is 1. The van der Waals surface area contributed by atoms with E-state index >= 15 is 0 Å². The summed E-state index contributed by atoms with van der Waals surface area (Å²) in [4.78, 5) is 2.18. The molecule has 0 aliphatic carbocycles. The van der Waals surface area contributed by atoms with Gasteiger partial charge >= 0.3 is 0 Å². The standard InChI is InChI=1S/C11H20N2/c1-10(2,3)13(9-7-8-12)11(4,5)6/h7,9H,1-6H3. The van der Waals surface area contributed by atoms with Crippen LogP contribution in [0.5, 0.6) is 0 Å². The zero-order chi connectivity index (χ0) is 10.7. The largest absolute Gasteiger partial charge is 0.367 e. The van der Waals surface area contributed by atoms with Gasteiger partial charge < -0.3 is 4.90 Å². The summed E-state index contributed by atoms with van der Waals surface area (Å²) in [5.41, 5.74) is 0.0944. The number of allylic oxidation sites excluding steroid dienone is 1. The molecule has 0 bridgehead atoms. The average Bonchev–Trinajstić information content (AvgIpc) is 1.81. The third kappa shape index (κ3) is 3.98. The summed E-state index contributed by atoms with van der Waals surface area (Å²) in [7, 11) is 0. The fraction of sp³-hybridized carbons (Fsp3) is 0.727. The fourth-order valence-corrected chi connectivity index (χ4v) is 1.56. The van der Waals surface area contributed by atoms with E-state index in [9.17, 15) is 0 Å². The Morgan fingerprint density at radius 2 is 1.38 bits per heavy atom. The first kappa shape index (κ1) is 12.0. The van der Waals surface area contributed by atoms with Gasteiger partial charge in [-0.1, -0.05) is 0 Å². The van der Waals surface area contributed by atoms with Crippen molar-refractivity contribution in [2.45, 2.75) is 52.6 Å². The molecule has 0 unspecified atom stereocenters. The lowest BCUT2D eigenvalue weighted by Gasteiger charge is -2.44. The van der Waals surface area contributed by atoms with Crippen molar-refractivity contribution in [1.29, 1.82) is 5.26 Å². The van der Waals surface area contributed by atoms with Crippen molar-refractivity contribution in [2.24, 2.45) is 0 Å². The number of hydrogen-bond acceptors (Lipinski definition) is 2. The van der Waals surface area contributed by atoms with Crippen molar-refractivity contribution in [2.75, 3.05) is 0 Å². The Bertz CT molecular complexity index is 206. The molecule has 0 atom stereocenters. The van der Waals surface area contributed by atoms with Crippen LogP contribution in [0.3, 0.4) is 0 Å². The minimum Gasteiger partial charge on any atom is -0.367 e. The molecule has 0 fully saturated rings. The highest BCUT2D eigenvalue weighted by molar-refractivity contribution is 5.05. The van der Waals surface area contributed by atoms with Crippen LogP contribution in [0, 0.1) is 11.3 Å². The fourth-order valence-electron chi connectivity index (χ4n) is 1.56. The SMILES string of the molecule is CC(C)(C)N(C=CC#N)C(C)(C)C. The van der Waals surface area contributed by atoms with Crippen molar-refractivity contribution < 1.29 is 0 Å². The maximum atomic E-state index is 8.48. The van der Waals surface area contributed by atoms with Gasteiger partial charge in [-0.05, 0) is 41.5 Å². The van der Waals surface area contributed by atoms with Crippen LogP contribution in [0.25, 0.3) is 0 Å². The Morgan fingerprint density at radius 1 is 1.00 bits per heavy atom. The second kappa shape index (κ2) is 3.83. The summed E-state index contributed by atoms with van der Waals surface area (Å²) in [6, 6.07) is 2.02. The van der Waals surface area contributed by atoms with Crippen molar-refractivity contribution in [1.82, 2.24) is 4.90 Å². The number of rotatable bonds is 1. The summed E-state index contributed by atoms with van der Waals surface area (Å²) in [6.07, 6.45) is 3.39. The van der Waals surface area contributed by atoms with Crippen LogP contribution >= 0.6 is 0 Å². The minimum atomic E-state index is 0.0472. The van der Waals surface area contributed by atoms with Crippen LogP contribution in [0.2, 0.25) is 0 Å². The van der Waals surface area contributed by atoms with Gasteiger partial charge in [0, 0.05) is 23.4 Å². The smallest absolute Gasteiger partial charge is 0.0927 e. The quantitative estimate of drug-likeness (QED) is 0.580. The predicted molar refractivity (Wildman–Crippen MR) is 56.1 cm³/mol. The van der Waals surface area contributed by atoms with E-state index in [0.29, 0.717) is 0 Å². The van der Waals surface area contributed by atoms with E-state index in [1.165, 1.54) is 6.08 Å². The van der Waals surface area contributed by atoms with Crippen LogP contribution < -0.4 is 0 Å². The molecule has 0 amide bonds. The van der Waals surface area contributed by atoms with E-state index < -0.39 is 0 Å². The van der Waals surface area contributed by atoms with E-state index in [-0.39, 0.29) is 11.1 Å². The molecule has 0 heterocycles. The molecule has 0 aliphatic rings. The van der Waals surface area contributed by atoms with E-state index in [1.807, 2.05) is 12.3 Å². The molecule has 0 rings (SSSR count). The lowest BCUT2D eigenvalue weighted by atomic mass is 9.97. The highest BCUT2D eigenvalue weighted by atomic mass is 15.2. The molecule has 0 N–H and O–H groups in total. The molecule has 0 aromatic rings. The second-order valence-electron chi connectivity index (χ2n) is 5.16. The third-order valence-electron chi connectivity index (χ3n) is 1.74. The maximum absolute atomic E-state index is 8.48. The van der Waals surface area contributed by atoms with E-state index in [1.54, 1.807) is 0 Å². The van der Waals surface area contributed by atoms with Gasteiger partial charge in [0.25, 0.3) is 0 Å². The van der Waals surface area contributed by atoms with Gasteiger partial charge in [0.2, 0.25) is 0 Å². The van der Waals surface area contributed by atoms with Crippen molar-refractivity contribution >= 4 is 0 Å². The number of hydrogen-bond donors (Lipinski definition) is 0. The zero-order valence-corrected chi connectivity index (χ0v) is 9.55. The molecular formula is C11H20N2. The van der Waals surface area contributed by atoms with E-state index in [4.69, 9.17) is 5.26 Å². The molecule has 0 spiro atoms. The minimum absolute atomic E-state index is 0.0472. The monoisotopic (exact) mass is 180 g/mol. The van der Waals surface area contributed by atoms with Crippen LogP contribution in [0.4, 0.5) is 0 Å². The Kier molecular flexibility index (Phi) is 3.54. The molecule has 0 saturated heterocycles. The maximum Gasteiger partial charge on any atom is 0.0927 e. The normalized spacial score (nSPS) is 13.0. The van der Waals surface area contributed by atoms with Gasteiger partial charge in [-0.2, -0.15) is 5.26 Å². The summed E-state index contributed by atoms with van der Waals surface area (Å²) >= 11 is 0. The van der Waals surface area contributed by atoms with Crippen LogP contribution in [0.15, 0.2) is 12.3 Å². The Hall–Kier alpha value is -0.970. The summed E-state index contributed by atoms with van der Waals surface area (Å²) in [6.45, 7) is 12.8. The van der Waals surface area contributed by atoms with Crippen molar-refractivity contribution in [3.63, 3.8) is 0 Å². The average molecular weight is 180 g/mol. The first-order valence-electron chi connectivity index (χ1n) is 4.55. The van der Waals surface area contributed by atoms with Gasteiger partial charge in [0.15, 0.2) is 0 Å². The van der Waals surface area contributed by atoms with Gasteiger partial charge in [0.1, 0.15) is 0 Å². The van der Waals surface area contributed by atoms with Gasteiger partial charge in [0.05, 0.1) is 6.07 Å². The Labute approximate surface area is 81.9 Å². The van der Waals surface area contributed by atoms with Crippen LogP contribution in [-0.2, 0) is 0 Å². The van der Waals surface area contributed by atoms with Crippen molar-refractivity contribution in [3.8, 4) is 6.07 Å². The molecule has 2 heteroatoms. The molecule has 13 heavy (non-hydrogen) atoms. The molecule has 2 nitrogen and oxygen atoms in total. The summed E-state index contributed by atoms with van der Waals surface area (Å²) in [5.74, 6) is 0. The molecule has 0 radical (unpaired) electrons. The molecule has 0 aliphatic heterocycles. The molecule has 0 aromatic carbocycles. The van der Waals surface area contributed by atoms with Gasteiger partial charge in [-0.3, -0.25) is 0 Å². The summed E-state index contributed by atoms with van der Waals surface area (Å²) in [5, 5.41) is 8.48.